The summed E-state index contributed by atoms with van der Waals surface area (Å²) in [5, 5.41) is 0. The van der Waals surface area contributed by atoms with Crippen molar-refractivity contribution in [3.63, 3.8) is 0 Å². The molecule has 0 aromatic heterocycles. The Labute approximate surface area is 219 Å². The molecule has 0 rings (SSSR count). The van der Waals surface area contributed by atoms with E-state index in [1.54, 1.807) is 0 Å². The van der Waals surface area contributed by atoms with Crippen LogP contribution in [-0.4, -0.2) is 24.5 Å². The largest absolute Gasteiger partial charge is 0.292 e. The standard InChI is InChI=1S/C24H33Cl6N/c1-19(7-4-10-22(25)26)13-16-31(17-14-20(2)8-5-11-23(27)28)18-15-21(3)9-6-12-24(29)30/h10-15H,4-9,16-18H2,1-3H3/b19-13+,20-14+,21-15+. The Bertz CT molecular complexity index is 594. The molecule has 0 radical (unpaired) electrons. The molecular weight excluding hydrogens is 515 g/mol. The fourth-order valence-corrected chi connectivity index (χ4v) is 3.27. The zero-order valence-electron chi connectivity index (χ0n) is 18.5. The number of halogens is 6. The lowest BCUT2D eigenvalue weighted by molar-refractivity contribution is 0.369. The van der Waals surface area contributed by atoms with Crippen molar-refractivity contribution in [1.29, 1.82) is 0 Å². The molecule has 0 saturated heterocycles. The fraction of sp³-hybridized carbons (Fsp3) is 0.500. The van der Waals surface area contributed by atoms with E-state index in [9.17, 15) is 0 Å². The van der Waals surface area contributed by atoms with Crippen LogP contribution in [0.1, 0.15) is 59.3 Å². The normalized spacial score (nSPS) is 12.8. The second kappa shape index (κ2) is 19.6. The summed E-state index contributed by atoms with van der Waals surface area (Å²) in [5.74, 6) is 0. The second-order valence-electron chi connectivity index (χ2n) is 7.47. The van der Waals surface area contributed by atoms with E-state index >= 15 is 0 Å². The number of hydrogen-bond donors (Lipinski definition) is 0. The van der Waals surface area contributed by atoms with Crippen molar-refractivity contribution in [3.05, 3.63) is 66.6 Å². The van der Waals surface area contributed by atoms with Gasteiger partial charge in [-0.3, -0.25) is 4.90 Å². The molecule has 0 amide bonds. The van der Waals surface area contributed by atoms with Crippen molar-refractivity contribution in [1.82, 2.24) is 4.90 Å². The van der Waals surface area contributed by atoms with Gasteiger partial charge in [-0.15, -0.1) is 0 Å². The van der Waals surface area contributed by atoms with E-state index in [0.29, 0.717) is 13.5 Å². The topological polar surface area (TPSA) is 3.24 Å². The Balaban J connectivity index is 4.96. The van der Waals surface area contributed by atoms with Crippen LogP contribution in [0.3, 0.4) is 0 Å². The summed E-state index contributed by atoms with van der Waals surface area (Å²) in [5.41, 5.74) is 3.96. The number of rotatable bonds is 15. The highest BCUT2D eigenvalue weighted by molar-refractivity contribution is 6.56. The highest BCUT2D eigenvalue weighted by Crippen LogP contribution is 2.15. The third-order valence-electron chi connectivity index (χ3n) is 4.61. The minimum atomic E-state index is 0.325. The van der Waals surface area contributed by atoms with Gasteiger partial charge in [-0.1, -0.05) is 123 Å². The quantitative estimate of drug-likeness (QED) is 0.184. The van der Waals surface area contributed by atoms with Gasteiger partial charge in [0, 0.05) is 19.6 Å². The third-order valence-corrected chi connectivity index (χ3v) is 5.53. The van der Waals surface area contributed by atoms with Crippen molar-refractivity contribution in [3.8, 4) is 0 Å². The smallest absolute Gasteiger partial charge is 0.102 e. The third kappa shape index (κ3) is 21.7. The summed E-state index contributed by atoms with van der Waals surface area (Å²) in [7, 11) is 0. The van der Waals surface area contributed by atoms with Crippen molar-refractivity contribution >= 4 is 69.6 Å². The minimum absolute atomic E-state index is 0.325. The Hall–Kier alpha value is 0.140. The van der Waals surface area contributed by atoms with Crippen molar-refractivity contribution in [2.45, 2.75) is 59.3 Å². The Morgan fingerprint density at radius 1 is 0.484 bits per heavy atom. The van der Waals surface area contributed by atoms with Crippen LogP contribution in [-0.2, 0) is 0 Å². The SMILES string of the molecule is C/C(=C\CN(C/C=C(\C)CCC=C(Cl)Cl)C/C=C(\C)CCC=C(Cl)Cl)CCC=C(Cl)Cl. The molecule has 0 unspecified atom stereocenters. The fourth-order valence-electron chi connectivity index (χ4n) is 2.61. The van der Waals surface area contributed by atoms with E-state index in [1.165, 1.54) is 16.7 Å². The molecule has 0 bridgehead atoms. The average molecular weight is 548 g/mol. The maximum atomic E-state index is 5.69. The first-order valence-electron chi connectivity index (χ1n) is 10.3. The molecule has 0 atom stereocenters. The summed E-state index contributed by atoms with van der Waals surface area (Å²) in [6, 6.07) is 0. The van der Waals surface area contributed by atoms with Gasteiger partial charge in [0.05, 0.1) is 0 Å². The first-order chi connectivity index (χ1) is 14.6. The molecule has 7 heteroatoms. The monoisotopic (exact) mass is 545 g/mol. The highest BCUT2D eigenvalue weighted by Gasteiger charge is 2.02. The summed E-state index contributed by atoms with van der Waals surface area (Å²) in [6.45, 7) is 9.04. The molecule has 0 aliphatic rings. The van der Waals surface area contributed by atoms with Gasteiger partial charge in [0.25, 0.3) is 0 Å². The van der Waals surface area contributed by atoms with E-state index in [0.717, 1.165) is 58.2 Å². The van der Waals surface area contributed by atoms with Gasteiger partial charge in [-0.2, -0.15) is 0 Å². The van der Waals surface area contributed by atoms with Crippen molar-refractivity contribution < 1.29 is 0 Å². The number of nitrogens with zero attached hydrogens (tertiary/aromatic N) is 1. The van der Waals surface area contributed by atoms with Crippen LogP contribution in [0.4, 0.5) is 0 Å². The van der Waals surface area contributed by atoms with Gasteiger partial charge in [-0.05, 0) is 59.3 Å². The zero-order valence-corrected chi connectivity index (χ0v) is 23.1. The predicted octanol–water partition coefficient (Wildman–Crippen LogP) is 10.4. The molecule has 0 heterocycles. The molecule has 31 heavy (non-hydrogen) atoms. The zero-order chi connectivity index (χ0) is 23.6. The van der Waals surface area contributed by atoms with Gasteiger partial charge in [0.2, 0.25) is 0 Å². The Morgan fingerprint density at radius 3 is 0.968 bits per heavy atom. The van der Waals surface area contributed by atoms with Gasteiger partial charge in [-0.25, -0.2) is 0 Å². The molecule has 0 aromatic rings. The lowest BCUT2D eigenvalue weighted by Crippen LogP contribution is -2.25. The van der Waals surface area contributed by atoms with Crippen LogP contribution in [0.2, 0.25) is 0 Å². The van der Waals surface area contributed by atoms with E-state index in [4.69, 9.17) is 69.6 Å². The molecule has 0 aliphatic carbocycles. The molecule has 0 aromatic carbocycles. The van der Waals surface area contributed by atoms with Crippen LogP contribution in [0.25, 0.3) is 0 Å². The maximum Gasteiger partial charge on any atom is 0.102 e. The van der Waals surface area contributed by atoms with Crippen LogP contribution >= 0.6 is 69.6 Å². The van der Waals surface area contributed by atoms with Gasteiger partial charge in [0.1, 0.15) is 13.5 Å². The van der Waals surface area contributed by atoms with Crippen LogP contribution < -0.4 is 0 Å². The van der Waals surface area contributed by atoms with E-state index in [1.807, 2.05) is 18.2 Å². The van der Waals surface area contributed by atoms with Crippen LogP contribution in [0, 0.1) is 0 Å². The molecule has 176 valence electrons. The second-order valence-corrected chi connectivity index (χ2v) is 10.5. The van der Waals surface area contributed by atoms with Gasteiger partial charge in [0.15, 0.2) is 0 Å². The molecule has 0 N–H and O–H groups in total. The summed E-state index contributed by atoms with van der Waals surface area (Å²) < 4.78 is 0.976. The predicted molar refractivity (Wildman–Crippen MR) is 145 cm³/mol. The van der Waals surface area contributed by atoms with Gasteiger partial charge < -0.3 is 0 Å². The molecule has 0 saturated carbocycles. The molecule has 1 nitrogen and oxygen atoms in total. The van der Waals surface area contributed by atoms with Crippen molar-refractivity contribution in [2.24, 2.45) is 0 Å². The van der Waals surface area contributed by atoms with E-state index in [2.05, 4.69) is 43.9 Å². The first kappa shape index (κ1) is 31.1. The highest BCUT2D eigenvalue weighted by atomic mass is 35.5. The lowest BCUT2D eigenvalue weighted by atomic mass is 10.1. The lowest BCUT2D eigenvalue weighted by Gasteiger charge is -2.19. The Kier molecular flexibility index (Phi) is 19.7. The Morgan fingerprint density at radius 2 is 0.742 bits per heavy atom. The molecular formula is C24H33Cl6N. The summed E-state index contributed by atoms with van der Waals surface area (Å²) >= 11 is 34.1. The minimum Gasteiger partial charge on any atom is -0.292 e. The molecule has 0 spiro atoms. The average Bonchev–Trinajstić information content (AvgIpc) is 2.66. The summed E-state index contributed by atoms with van der Waals surface area (Å²) in [6.07, 6.45) is 17.7. The van der Waals surface area contributed by atoms with Gasteiger partial charge >= 0.3 is 0 Å². The first-order valence-corrected chi connectivity index (χ1v) is 12.6. The van der Waals surface area contributed by atoms with E-state index < -0.39 is 0 Å². The van der Waals surface area contributed by atoms with Crippen LogP contribution in [0.5, 0.6) is 0 Å². The summed E-state index contributed by atoms with van der Waals surface area (Å²) in [4.78, 5) is 2.40. The van der Waals surface area contributed by atoms with E-state index in [-0.39, 0.29) is 0 Å². The van der Waals surface area contributed by atoms with Crippen LogP contribution in [0.15, 0.2) is 66.6 Å². The maximum absolute atomic E-state index is 5.69. The molecule has 0 fully saturated rings. The number of hydrogen-bond acceptors (Lipinski definition) is 1. The molecule has 0 aliphatic heterocycles. The van der Waals surface area contributed by atoms with Crippen molar-refractivity contribution in [2.75, 3.05) is 19.6 Å². The number of allylic oxidation sites excluding steroid dienone is 6.